The predicted octanol–water partition coefficient (Wildman–Crippen LogP) is 3.46. The van der Waals surface area contributed by atoms with Crippen LogP contribution in [0.15, 0.2) is 53.3 Å². The molecule has 2 heterocycles. The molecule has 3 aromatic rings. The minimum Gasteiger partial charge on any atom is -0.493 e. The predicted molar refractivity (Wildman–Crippen MR) is 120 cm³/mol. The van der Waals surface area contributed by atoms with Crippen LogP contribution in [0.2, 0.25) is 0 Å². The van der Waals surface area contributed by atoms with E-state index in [1.54, 1.807) is 43.5 Å². The molecule has 1 aliphatic rings. The quantitative estimate of drug-likeness (QED) is 0.515. The minimum absolute atomic E-state index is 0.0906. The van der Waals surface area contributed by atoms with E-state index in [4.69, 9.17) is 13.9 Å². The second-order valence-corrected chi connectivity index (χ2v) is 7.99. The van der Waals surface area contributed by atoms with Crippen LogP contribution in [0.3, 0.4) is 0 Å². The van der Waals surface area contributed by atoms with Crippen molar-refractivity contribution in [1.82, 2.24) is 20.4 Å². The Morgan fingerprint density at radius 2 is 1.97 bits per heavy atom. The highest BCUT2D eigenvalue weighted by atomic mass is 16.5. The van der Waals surface area contributed by atoms with Crippen LogP contribution in [0.25, 0.3) is 0 Å². The van der Waals surface area contributed by atoms with E-state index in [-0.39, 0.29) is 30.1 Å². The molecule has 4 rings (SSSR count). The van der Waals surface area contributed by atoms with Gasteiger partial charge in [-0.15, -0.1) is 0 Å². The van der Waals surface area contributed by atoms with Crippen LogP contribution < -0.4 is 14.8 Å². The normalized spacial score (nSPS) is 14.6. The summed E-state index contributed by atoms with van der Waals surface area (Å²) >= 11 is 0. The van der Waals surface area contributed by atoms with Crippen LogP contribution in [0.5, 0.6) is 11.5 Å². The minimum atomic E-state index is -0.925. The van der Waals surface area contributed by atoms with Gasteiger partial charge in [0.15, 0.2) is 11.5 Å². The van der Waals surface area contributed by atoms with E-state index in [0.29, 0.717) is 22.8 Å². The molecule has 2 amide bonds. The number of hydrogen-bond acceptors (Lipinski definition) is 6. The van der Waals surface area contributed by atoms with Gasteiger partial charge in [-0.3, -0.25) is 14.7 Å². The van der Waals surface area contributed by atoms with Gasteiger partial charge in [-0.25, -0.2) is 0 Å². The van der Waals surface area contributed by atoms with Crippen molar-refractivity contribution in [2.75, 3.05) is 14.2 Å². The number of methoxy groups -OCH3 is 2. The number of carbonyl (C=O) groups excluding carboxylic acids is 2. The zero-order valence-corrected chi connectivity index (χ0v) is 18.7. The maximum atomic E-state index is 13.7. The lowest BCUT2D eigenvalue weighted by molar-refractivity contribution is -0.126. The third-order valence-electron chi connectivity index (χ3n) is 5.88. The van der Waals surface area contributed by atoms with E-state index in [2.05, 4.69) is 15.5 Å². The van der Waals surface area contributed by atoms with Crippen molar-refractivity contribution in [3.05, 3.63) is 65.9 Å². The fourth-order valence-electron chi connectivity index (χ4n) is 4.23. The molecule has 1 atom stereocenters. The number of carbonyl (C=O) groups is 2. The molecule has 33 heavy (non-hydrogen) atoms. The number of hydrogen-bond donors (Lipinski definition) is 2. The second kappa shape index (κ2) is 10.2. The average Bonchev–Trinajstić information content (AvgIpc) is 3.62. The van der Waals surface area contributed by atoms with Gasteiger partial charge in [0.1, 0.15) is 17.5 Å². The molecule has 2 aromatic heterocycles. The van der Waals surface area contributed by atoms with Gasteiger partial charge in [0.2, 0.25) is 5.91 Å². The van der Waals surface area contributed by atoms with Crippen LogP contribution in [-0.2, 0) is 11.3 Å². The molecule has 2 N–H and O–H groups in total. The Kier molecular flexibility index (Phi) is 6.97. The molecular weight excluding hydrogens is 424 g/mol. The number of aromatic nitrogens is 2. The Hall–Kier alpha value is -3.75. The summed E-state index contributed by atoms with van der Waals surface area (Å²) in [5.41, 5.74) is 0.878. The molecule has 0 spiro atoms. The van der Waals surface area contributed by atoms with Crippen LogP contribution in [-0.4, -0.2) is 47.2 Å². The number of H-pyrrole nitrogens is 1. The molecule has 0 saturated heterocycles. The summed E-state index contributed by atoms with van der Waals surface area (Å²) in [6.07, 6.45) is 7.05. The Labute approximate surface area is 192 Å². The first-order chi connectivity index (χ1) is 16.1. The first-order valence-electron chi connectivity index (χ1n) is 11.0. The van der Waals surface area contributed by atoms with E-state index in [1.165, 1.54) is 24.5 Å². The van der Waals surface area contributed by atoms with Gasteiger partial charge in [0, 0.05) is 12.2 Å². The molecule has 1 aliphatic carbocycles. The van der Waals surface area contributed by atoms with E-state index >= 15 is 0 Å². The van der Waals surface area contributed by atoms with E-state index in [1.807, 2.05) is 0 Å². The highest BCUT2D eigenvalue weighted by molar-refractivity contribution is 5.96. The van der Waals surface area contributed by atoms with Crippen molar-refractivity contribution in [2.24, 2.45) is 0 Å². The summed E-state index contributed by atoms with van der Waals surface area (Å²) in [4.78, 5) is 28.7. The summed E-state index contributed by atoms with van der Waals surface area (Å²) in [6, 6.07) is 9.50. The van der Waals surface area contributed by atoms with Gasteiger partial charge in [-0.1, -0.05) is 18.9 Å². The smallest absolute Gasteiger partial charge is 0.273 e. The number of aromatic amines is 1. The largest absolute Gasteiger partial charge is 0.493 e. The summed E-state index contributed by atoms with van der Waals surface area (Å²) < 4.78 is 16.3. The number of ether oxygens (including phenoxy) is 2. The third-order valence-corrected chi connectivity index (χ3v) is 5.88. The Morgan fingerprint density at radius 1 is 1.18 bits per heavy atom. The molecule has 1 fully saturated rings. The molecule has 0 bridgehead atoms. The molecule has 174 valence electrons. The number of amides is 2. The first-order valence-corrected chi connectivity index (χ1v) is 11.0. The fourth-order valence-corrected chi connectivity index (χ4v) is 4.23. The van der Waals surface area contributed by atoms with Crippen molar-refractivity contribution >= 4 is 11.8 Å². The lowest BCUT2D eigenvalue weighted by atomic mass is 10.0. The van der Waals surface area contributed by atoms with Gasteiger partial charge in [0.25, 0.3) is 5.91 Å². The fraction of sp³-hybridized carbons (Fsp3) is 0.375. The maximum Gasteiger partial charge on any atom is 0.273 e. The van der Waals surface area contributed by atoms with E-state index in [9.17, 15) is 9.59 Å². The monoisotopic (exact) mass is 452 g/mol. The highest BCUT2D eigenvalue weighted by Crippen LogP contribution is 2.34. The topological polar surface area (TPSA) is 110 Å². The van der Waals surface area contributed by atoms with Crippen molar-refractivity contribution in [2.45, 2.75) is 44.3 Å². The number of benzene rings is 1. The van der Waals surface area contributed by atoms with Crippen molar-refractivity contribution in [1.29, 1.82) is 0 Å². The van der Waals surface area contributed by atoms with Gasteiger partial charge in [-0.2, -0.15) is 5.10 Å². The SMILES string of the molecule is COc1ccc([C@H](C(=O)NC2CCCC2)N(Cc2ccco2)C(=O)c2ccn[nH]2)cc1OC. The third kappa shape index (κ3) is 5.02. The first kappa shape index (κ1) is 22.4. The molecular formula is C24H28N4O5. The molecule has 0 radical (unpaired) electrons. The average molecular weight is 453 g/mol. The van der Waals surface area contributed by atoms with Gasteiger partial charge in [0.05, 0.1) is 27.0 Å². The zero-order valence-electron chi connectivity index (χ0n) is 18.7. The van der Waals surface area contributed by atoms with Crippen molar-refractivity contribution in [3.63, 3.8) is 0 Å². The van der Waals surface area contributed by atoms with Crippen LogP contribution in [0, 0.1) is 0 Å². The summed E-state index contributed by atoms with van der Waals surface area (Å²) in [5.74, 6) is 0.940. The highest BCUT2D eigenvalue weighted by Gasteiger charge is 2.35. The van der Waals surface area contributed by atoms with Crippen LogP contribution in [0.4, 0.5) is 0 Å². The number of nitrogens with one attached hydrogen (secondary N) is 2. The Morgan fingerprint density at radius 3 is 2.61 bits per heavy atom. The summed E-state index contributed by atoms with van der Waals surface area (Å²) in [5, 5.41) is 9.75. The van der Waals surface area contributed by atoms with E-state index < -0.39 is 6.04 Å². The number of furan rings is 1. The molecule has 9 heteroatoms. The van der Waals surface area contributed by atoms with Crippen LogP contribution >= 0.6 is 0 Å². The van der Waals surface area contributed by atoms with Gasteiger partial charge < -0.3 is 24.1 Å². The molecule has 9 nitrogen and oxygen atoms in total. The van der Waals surface area contributed by atoms with Crippen molar-refractivity contribution < 1.29 is 23.5 Å². The molecule has 1 saturated carbocycles. The Balaban J connectivity index is 1.76. The molecule has 1 aromatic carbocycles. The molecule has 0 aliphatic heterocycles. The van der Waals surface area contributed by atoms with E-state index in [0.717, 1.165) is 25.7 Å². The summed E-state index contributed by atoms with van der Waals surface area (Å²) in [7, 11) is 3.08. The van der Waals surface area contributed by atoms with Crippen LogP contribution in [0.1, 0.15) is 53.5 Å². The van der Waals surface area contributed by atoms with Gasteiger partial charge >= 0.3 is 0 Å². The number of nitrogens with zero attached hydrogens (tertiary/aromatic N) is 2. The Bertz CT molecular complexity index is 1060. The standard InChI is InChI=1S/C24H28N4O5/c1-31-20-10-9-16(14-21(20)32-2)22(23(29)26-17-6-3-4-7-17)28(15-18-8-5-13-33-18)24(30)19-11-12-25-27-19/h5,8-14,17,22H,3-4,6-7,15H2,1-2H3,(H,25,27)(H,26,29)/t22-/m1/s1. The van der Waals surface area contributed by atoms with Crippen molar-refractivity contribution in [3.8, 4) is 11.5 Å². The lowest BCUT2D eigenvalue weighted by Crippen LogP contribution is -2.46. The second-order valence-electron chi connectivity index (χ2n) is 7.99. The maximum absolute atomic E-state index is 13.7. The zero-order chi connectivity index (χ0) is 23.2. The van der Waals surface area contributed by atoms with Gasteiger partial charge in [-0.05, 0) is 48.7 Å². The number of rotatable bonds is 9. The lowest BCUT2D eigenvalue weighted by Gasteiger charge is -2.31. The molecule has 0 unspecified atom stereocenters. The summed E-state index contributed by atoms with van der Waals surface area (Å²) in [6.45, 7) is 0.0992.